The minimum Gasteiger partial charge on any atom is -0.480 e. The molecular weight excluding hydrogens is 408 g/mol. The van der Waals surface area contributed by atoms with Gasteiger partial charge in [0.1, 0.15) is 12.6 Å². The highest BCUT2D eigenvalue weighted by Crippen LogP contribution is 2.44. The highest BCUT2D eigenvalue weighted by molar-refractivity contribution is 5.84. The summed E-state index contributed by atoms with van der Waals surface area (Å²) >= 11 is 0. The summed E-state index contributed by atoms with van der Waals surface area (Å²) in [4.78, 5) is 35.9. The lowest BCUT2D eigenvalue weighted by Crippen LogP contribution is -2.44. The van der Waals surface area contributed by atoms with Gasteiger partial charge in [0.25, 0.3) is 0 Å². The highest BCUT2D eigenvalue weighted by Gasteiger charge is 2.29. The topological polar surface area (TPSA) is 105 Å². The number of aliphatic carboxylic acids is 1. The number of carboxylic acid groups (broad SMARTS) is 1. The van der Waals surface area contributed by atoms with Crippen molar-refractivity contribution < 1.29 is 24.2 Å². The fourth-order valence-electron chi connectivity index (χ4n) is 4.12. The molecule has 170 valence electrons. The standard InChI is InChI=1S/C25H30N2O5/c1-15(2)12-22(24(29)30)27-23(28)13-16(3)26-25(31)32-14-21-19-10-6-4-8-17(19)18-9-5-7-11-20(18)21/h4-11,15-16,21-22H,12-14H2,1-3H3,(H,26,31)(H,27,28)(H,29,30)/t16-,22+/m1/s1. The molecule has 0 unspecified atom stereocenters. The molecule has 0 spiro atoms. The molecule has 0 heterocycles. The number of nitrogens with one attached hydrogen (secondary N) is 2. The molecule has 0 aliphatic heterocycles. The molecule has 0 aromatic heterocycles. The Kier molecular flexibility index (Phi) is 7.51. The van der Waals surface area contributed by atoms with Crippen molar-refractivity contribution in [3.05, 3.63) is 59.7 Å². The molecule has 0 saturated carbocycles. The summed E-state index contributed by atoms with van der Waals surface area (Å²) in [7, 11) is 0. The second-order valence-electron chi connectivity index (χ2n) is 8.66. The molecule has 0 radical (unpaired) electrons. The van der Waals surface area contributed by atoms with Gasteiger partial charge in [0.15, 0.2) is 0 Å². The zero-order valence-electron chi connectivity index (χ0n) is 18.6. The van der Waals surface area contributed by atoms with Gasteiger partial charge in [-0.1, -0.05) is 62.4 Å². The smallest absolute Gasteiger partial charge is 0.407 e. The van der Waals surface area contributed by atoms with Crippen LogP contribution in [0.3, 0.4) is 0 Å². The zero-order chi connectivity index (χ0) is 23.3. The molecule has 32 heavy (non-hydrogen) atoms. The Bertz CT molecular complexity index is 942. The van der Waals surface area contributed by atoms with Gasteiger partial charge in [0, 0.05) is 18.4 Å². The van der Waals surface area contributed by atoms with E-state index in [1.54, 1.807) is 6.92 Å². The van der Waals surface area contributed by atoms with Crippen LogP contribution in [0.1, 0.15) is 50.7 Å². The maximum atomic E-state index is 12.3. The largest absolute Gasteiger partial charge is 0.480 e. The minimum atomic E-state index is -1.07. The van der Waals surface area contributed by atoms with Crippen LogP contribution in [0, 0.1) is 5.92 Å². The fraction of sp³-hybridized carbons (Fsp3) is 0.400. The van der Waals surface area contributed by atoms with Gasteiger partial charge in [0.2, 0.25) is 5.91 Å². The van der Waals surface area contributed by atoms with E-state index in [1.165, 1.54) is 0 Å². The Morgan fingerprint density at radius 2 is 1.50 bits per heavy atom. The number of carboxylic acids is 1. The van der Waals surface area contributed by atoms with Crippen LogP contribution in [-0.2, 0) is 14.3 Å². The third-order valence-corrected chi connectivity index (χ3v) is 5.54. The van der Waals surface area contributed by atoms with Gasteiger partial charge in [0.05, 0.1) is 0 Å². The van der Waals surface area contributed by atoms with E-state index in [0.29, 0.717) is 6.42 Å². The quantitative estimate of drug-likeness (QED) is 0.550. The van der Waals surface area contributed by atoms with Gasteiger partial charge in [-0.25, -0.2) is 9.59 Å². The predicted molar refractivity (Wildman–Crippen MR) is 121 cm³/mol. The van der Waals surface area contributed by atoms with E-state index in [-0.39, 0.29) is 24.9 Å². The third kappa shape index (κ3) is 5.66. The summed E-state index contributed by atoms with van der Waals surface area (Å²) in [6.45, 7) is 5.65. The SMILES string of the molecule is CC(C)C[C@H](NC(=O)C[C@@H](C)NC(=O)OCC1c2ccccc2-c2ccccc21)C(=O)O. The number of alkyl carbamates (subject to hydrolysis) is 1. The molecule has 0 saturated heterocycles. The predicted octanol–water partition coefficient (Wildman–Crippen LogP) is 3.92. The Hall–Kier alpha value is -3.35. The first-order chi connectivity index (χ1) is 15.3. The molecule has 1 aliphatic carbocycles. The second-order valence-corrected chi connectivity index (χ2v) is 8.66. The Labute approximate surface area is 188 Å². The van der Waals surface area contributed by atoms with Crippen LogP contribution in [0.2, 0.25) is 0 Å². The summed E-state index contributed by atoms with van der Waals surface area (Å²) in [5, 5.41) is 14.4. The molecule has 3 N–H and O–H groups in total. The molecule has 0 fully saturated rings. The monoisotopic (exact) mass is 438 g/mol. The molecular formula is C25H30N2O5. The average molecular weight is 439 g/mol. The highest BCUT2D eigenvalue weighted by atomic mass is 16.5. The minimum absolute atomic E-state index is 0.0356. The van der Waals surface area contributed by atoms with Gasteiger partial charge in [-0.15, -0.1) is 0 Å². The van der Waals surface area contributed by atoms with Crippen molar-refractivity contribution in [1.29, 1.82) is 0 Å². The summed E-state index contributed by atoms with van der Waals surface area (Å²) in [5.74, 6) is -1.40. The number of carbonyl (C=O) groups excluding carboxylic acids is 2. The number of benzene rings is 2. The lowest BCUT2D eigenvalue weighted by atomic mass is 9.98. The van der Waals surface area contributed by atoms with Gasteiger partial charge >= 0.3 is 12.1 Å². The Morgan fingerprint density at radius 3 is 2.03 bits per heavy atom. The van der Waals surface area contributed by atoms with Crippen molar-refractivity contribution >= 4 is 18.0 Å². The lowest BCUT2D eigenvalue weighted by Gasteiger charge is -2.19. The summed E-state index contributed by atoms with van der Waals surface area (Å²) in [6, 6.07) is 14.7. The summed E-state index contributed by atoms with van der Waals surface area (Å²) in [5.41, 5.74) is 4.55. The summed E-state index contributed by atoms with van der Waals surface area (Å²) in [6.07, 6.45) is -0.300. The van der Waals surface area contributed by atoms with E-state index in [2.05, 4.69) is 22.8 Å². The van der Waals surface area contributed by atoms with E-state index in [4.69, 9.17) is 4.74 Å². The number of rotatable bonds is 9. The number of hydrogen-bond acceptors (Lipinski definition) is 4. The average Bonchev–Trinajstić information content (AvgIpc) is 3.05. The second kappa shape index (κ2) is 10.3. The molecule has 2 aromatic carbocycles. The van der Waals surface area contributed by atoms with Crippen LogP contribution in [0.25, 0.3) is 11.1 Å². The molecule has 7 nitrogen and oxygen atoms in total. The van der Waals surface area contributed by atoms with Gasteiger partial charge in [-0.2, -0.15) is 0 Å². The van der Waals surface area contributed by atoms with Crippen molar-refractivity contribution in [3.8, 4) is 11.1 Å². The number of amides is 2. The van der Waals surface area contributed by atoms with Gasteiger partial charge in [-0.3, -0.25) is 4.79 Å². The fourth-order valence-corrected chi connectivity index (χ4v) is 4.12. The van der Waals surface area contributed by atoms with Crippen molar-refractivity contribution in [2.45, 2.75) is 51.6 Å². The van der Waals surface area contributed by atoms with Crippen molar-refractivity contribution in [1.82, 2.24) is 10.6 Å². The molecule has 1 aliphatic rings. The van der Waals surface area contributed by atoms with Crippen molar-refractivity contribution in [2.75, 3.05) is 6.61 Å². The molecule has 2 atom stereocenters. The summed E-state index contributed by atoms with van der Waals surface area (Å²) < 4.78 is 5.49. The lowest BCUT2D eigenvalue weighted by molar-refractivity contribution is -0.142. The first kappa shape index (κ1) is 23.3. The number of fused-ring (bicyclic) bond motifs is 3. The first-order valence-electron chi connectivity index (χ1n) is 10.9. The van der Waals surface area contributed by atoms with Crippen molar-refractivity contribution in [3.63, 3.8) is 0 Å². The van der Waals surface area contributed by atoms with Gasteiger partial charge in [-0.05, 0) is 41.5 Å². The Balaban J connectivity index is 1.52. The first-order valence-corrected chi connectivity index (χ1v) is 10.9. The van der Waals surface area contributed by atoms with Crippen molar-refractivity contribution in [2.24, 2.45) is 5.92 Å². The van der Waals surface area contributed by atoms with Crippen LogP contribution in [0.5, 0.6) is 0 Å². The normalized spacial score (nSPS) is 14.2. The van der Waals surface area contributed by atoms with E-state index in [0.717, 1.165) is 22.3 Å². The van der Waals surface area contributed by atoms with Crippen LogP contribution < -0.4 is 10.6 Å². The van der Waals surface area contributed by atoms with E-state index < -0.39 is 30.1 Å². The molecule has 2 aromatic rings. The van der Waals surface area contributed by atoms with E-state index >= 15 is 0 Å². The molecule has 7 heteroatoms. The van der Waals surface area contributed by atoms with E-state index in [1.807, 2.05) is 50.2 Å². The zero-order valence-corrected chi connectivity index (χ0v) is 18.6. The number of ether oxygens (including phenoxy) is 1. The third-order valence-electron chi connectivity index (χ3n) is 5.54. The molecule has 3 rings (SSSR count). The molecule has 0 bridgehead atoms. The Morgan fingerprint density at radius 1 is 0.938 bits per heavy atom. The van der Waals surface area contributed by atoms with Crippen LogP contribution >= 0.6 is 0 Å². The van der Waals surface area contributed by atoms with Crippen LogP contribution in [0.15, 0.2) is 48.5 Å². The number of carbonyl (C=O) groups is 3. The van der Waals surface area contributed by atoms with Crippen LogP contribution in [-0.4, -0.2) is 41.8 Å². The van der Waals surface area contributed by atoms with Crippen LogP contribution in [0.4, 0.5) is 4.79 Å². The van der Waals surface area contributed by atoms with Gasteiger partial charge < -0.3 is 20.5 Å². The molecule has 2 amide bonds. The maximum absolute atomic E-state index is 12.3. The van der Waals surface area contributed by atoms with E-state index in [9.17, 15) is 19.5 Å². The maximum Gasteiger partial charge on any atom is 0.407 e. The number of hydrogen-bond donors (Lipinski definition) is 3.